The van der Waals surface area contributed by atoms with Crippen molar-refractivity contribution in [2.45, 2.75) is 27.7 Å². The monoisotopic (exact) mass is 462 g/mol. The van der Waals surface area contributed by atoms with E-state index in [0.29, 0.717) is 39.5 Å². The van der Waals surface area contributed by atoms with E-state index >= 15 is 0 Å². The summed E-state index contributed by atoms with van der Waals surface area (Å²) in [4.78, 5) is 38.3. The number of likely N-dealkylation sites (N-methyl/N-ethyl adjacent to an activating group) is 1. The van der Waals surface area contributed by atoms with E-state index in [2.05, 4.69) is 10.6 Å². The fourth-order valence-electron chi connectivity index (χ4n) is 3.94. The average molecular weight is 462 g/mol. The number of hydrogen-bond acceptors (Lipinski definition) is 4. The van der Waals surface area contributed by atoms with E-state index in [4.69, 9.17) is 0 Å². The van der Waals surface area contributed by atoms with Gasteiger partial charge in [0.05, 0.1) is 0 Å². The van der Waals surface area contributed by atoms with Gasteiger partial charge in [-0.2, -0.15) is 0 Å². The number of anilines is 1. The van der Waals surface area contributed by atoms with Crippen LogP contribution < -0.4 is 21.2 Å². The van der Waals surface area contributed by atoms with Crippen molar-refractivity contribution < 1.29 is 18.9 Å². The summed E-state index contributed by atoms with van der Waals surface area (Å²) in [7, 11) is -3.72. The van der Waals surface area contributed by atoms with Crippen LogP contribution >= 0.6 is 7.14 Å². The second kappa shape index (κ2) is 9.97. The first-order valence-corrected chi connectivity index (χ1v) is 12.4. The zero-order valence-corrected chi connectivity index (χ0v) is 20.0. The lowest BCUT2D eigenvalue weighted by Gasteiger charge is -2.22. The molecular weight excluding hydrogens is 435 g/mol. The van der Waals surface area contributed by atoms with Gasteiger partial charge in [0.25, 0.3) is 0 Å². The molecule has 0 aliphatic carbocycles. The molecule has 7 heteroatoms. The summed E-state index contributed by atoms with van der Waals surface area (Å²) in [6.07, 6.45) is 0. The van der Waals surface area contributed by atoms with E-state index in [1.807, 2.05) is 0 Å². The van der Waals surface area contributed by atoms with Crippen molar-refractivity contribution in [3.05, 3.63) is 89.0 Å². The topological polar surface area (TPSA) is 92.3 Å². The van der Waals surface area contributed by atoms with Crippen LogP contribution in [-0.4, -0.2) is 23.9 Å². The molecule has 0 bridgehead atoms. The molecule has 0 radical (unpaired) electrons. The number of aryl methyl sites for hydroxylation is 2. The molecule has 170 valence electrons. The van der Waals surface area contributed by atoms with Crippen LogP contribution in [0.5, 0.6) is 0 Å². The van der Waals surface area contributed by atoms with E-state index < -0.39 is 24.5 Å². The zero-order chi connectivity index (χ0) is 24.2. The molecular formula is C26H27N2O4P. The fraction of sp³-hybridized carbons (Fsp3) is 0.192. The van der Waals surface area contributed by atoms with Gasteiger partial charge in [-0.05, 0) is 44.4 Å². The standard InChI is InChI=1S/C26H27N2O4P/c1-5-27-24(29)25(30)28-23-18(3)16-17(2)22(19(23)4)26(31)33(32,20-12-8-6-9-13-20)21-14-10-7-11-15-21/h6-16H,5H2,1-4H3,(H,27,29)(H,28,30). The van der Waals surface area contributed by atoms with Gasteiger partial charge in [-0.1, -0.05) is 66.7 Å². The van der Waals surface area contributed by atoms with Gasteiger partial charge in [-0.25, -0.2) is 0 Å². The van der Waals surface area contributed by atoms with Crippen LogP contribution in [-0.2, 0) is 14.2 Å². The number of hydrogen-bond donors (Lipinski definition) is 2. The van der Waals surface area contributed by atoms with Crippen LogP contribution in [0.1, 0.15) is 34.0 Å². The van der Waals surface area contributed by atoms with Gasteiger partial charge in [0.2, 0.25) is 12.7 Å². The van der Waals surface area contributed by atoms with E-state index in [1.54, 1.807) is 94.4 Å². The Labute approximate surface area is 193 Å². The molecule has 3 rings (SSSR count). The number of amides is 2. The molecule has 3 aromatic carbocycles. The normalized spacial score (nSPS) is 11.0. The number of carbonyl (C=O) groups is 3. The highest BCUT2D eigenvalue weighted by atomic mass is 31.2. The molecule has 0 unspecified atom stereocenters. The molecule has 2 N–H and O–H groups in total. The molecule has 6 nitrogen and oxygen atoms in total. The molecule has 3 aromatic rings. The Kier molecular flexibility index (Phi) is 7.29. The maximum Gasteiger partial charge on any atom is 0.313 e. The van der Waals surface area contributed by atoms with Crippen molar-refractivity contribution in [3.8, 4) is 0 Å². The quantitative estimate of drug-likeness (QED) is 0.430. The van der Waals surface area contributed by atoms with Crippen LogP contribution in [0.3, 0.4) is 0 Å². The Morgan fingerprint density at radius 1 is 0.788 bits per heavy atom. The predicted octanol–water partition coefficient (Wildman–Crippen LogP) is 3.84. The number of nitrogens with one attached hydrogen (secondary N) is 2. The highest BCUT2D eigenvalue weighted by Gasteiger charge is 2.38. The summed E-state index contributed by atoms with van der Waals surface area (Å²) >= 11 is 0. The second-order valence-corrected chi connectivity index (χ2v) is 10.4. The van der Waals surface area contributed by atoms with Crippen LogP contribution in [0, 0.1) is 20.8 Å². The summed E-state index contributed by atoms with van der Waals surface area (Å²) in [5.41, 5.74) is 1.97. The molecule has 0 aromatic heterocycles. The maximum absolute atomic E-state index is 14.5. The lowest BCUT2D eigenvalue weighted by molar-refractivity contribution is -0.136. The Morgan fingerprint density at radius 2 is 1.30 bits per heavy atom. The highest BCUT2D eigenvalue weighted by molar-refractivity contribution is 7.93. The maximum atomic E-state index is 14.5. The molecule has 0 aliphatic rings. The van der Waals surface area contributed by atoms with Crippen molar-refractivity contribution in [2.75, 3.05) is 11.9 Å². The smallest absolute Gasteiger partial charge is 0.313 e. The minimum atomic E-state index is -3.72. The van der Waals surface area contributed by atoms with Crippen molar-refractivity contribution >= 4 is 40.8 Å². The average Bonchev–Trinajstić information content (AvgIpc) is 2.82. The second-order valence-electron chi connectivity index (χ2n) is 7.78. The molecule has 0 heterocycles. The third kappa shape index (κ3) is 4.67. The van der Waals surface area contributed by atoms with E-state index in [0.717, 1.165) is 0 Å². The fourth-order valence-corrected chi connectivity index (χ4v) is 6.55. The summed E-state index contributed by atoms with van der Waals surface area (Å²) < 4.78 is 14.5. The van der Waals surface area contributed by atoms with Gasteiger partial charge in [0, 0.05) is 28.4 Å². The third-order valence-electron chi connectivity index (χ3n) is 5.49. The molecule has 0 spiro atoms. The number of carbonyl (C=O) groups excluding carboxylic acids is 3. The molecule has 0 aliphatic heterocycles. The Hall–Kier alpha value is -3.50. The van der Waals surface area contributed by atoms with E-state index in [9.17, 15) is 18.9 Å². The van der Waals surface area contributed by atoms with E-state index in [-0.39, 0.29) is 5.56 Å². The van der Waals surface area contributed by atoms with Crippen LogP contribution in [0.2, 0.25) is 0 Å². The van der Waals surface area contributed by atoms with Crippen molar-refractivity contribution in [2.24, 2.45) is 0 Å². The van der Waals surface area contributed by atoms with Crippen LogP contribution in [0.15, 0.2) is 66.7 Å². The summed E-state index contributed by atoms with van der Waals surface area (Å²) in [6.45, 7) is 7.30. The lowest BCUT2D eigenvalue weighted by Crippen LogP contribution is -2.35. The predicted molar refractivity (Wildman–Crippen MR) is 132 cm³/mol. The van der Waals surface area contributed by atoms with Gasteiger partial charge >= 0.3 is 11.8 Å². The van der Waals surface area contributed by atoms with Crippen molar-refractivity contribution in [3.63, 3.8) is 0 Å². The first-order valence-electron chi connectivity index (χ1n) is 10.7. The molecule has 0 fully saturated rings. The third-order valence-corrected chi connectivity index (χ3v) is 8.34. The Balaban J connectivity index is 2.18. The van der Waals surface area contributed by atoms with Crippen molar-refractivity contribution in [1.29, 1.82) is 0 Å². The van der Waals surface area contributed by atoms with Crippen LogP contribution in [0.4, 0.5) is 5.69 Å². The summed E-state index contributed by atoms with van der Waals surface area (Å²) in [5.74, 6) is -1.58. The zero-order valence-electron chi connectivity index (χ0n) is 19.1. The molecule has 0 atom stereocenters. The highest BCUT2D eigenvalue weighted by Crippen LogP contribution is 2.48. The SMILES string of the molecule is CCNC(=O)C(=O)Nc1c(C)cc(C)c(C(=O)P(=O)(c2ccccc2)c2ccccc2)c1C. The minimum Gasteiger partial charge on any atom is -0.348 e. The number of benzene rings is 3. The van der Waals surface area contributed by atoms with Gasteiger partial charge in [-0.15, -0.1) is 0 Å². The van der Waals surface area contributed by atoms with Gasteiger partial charge in [0.15, 0.2) is 0 Å². The first-order chi connectivity index (χ1) is 15.7. The summed E-state index contributed by atoms with van der Waals surface area (Å²) in [6, 6.07) is 19.2. The minimum absolute atomic E-state index is 0.280. The molecule has 2 amide bonds. The first kappa shape index (κ1) is 24.1. The van der Waals surface area contributed by atoms with E-state index in [1.165, 1.54) is 0 Å². The van der Waals surface area contributed by atoms with Gasteiger partial charge < -0.3 is 15.2 Å². The number of rotatable bonds is 6. The Morgan fingerprint density at radius 3 is 1.79 bits per heavy atom. The molecule has 0 saturated carbocycles. The molecule has 33 heavy (non-hydrogen) atoms. The van der Waals surface area contributed by atoms with Crippen LogP contribution in [0.25, 0.3) is 0 Å². The molecule has 0 saturated heterocycles. The lowest BCUT2D eigenvalue weighted by atomic mass is 9.98. The van der Waals surface area contributed by atoms with Crippen molar-refractivity contribution in [1.82, 2.24) is 5.32 Å². The largest absolute Gasteiger partial charge is 0.348 e. The van der Waals surface area contributed by atoms with Gasteiger partial charge in [0.1, 0.15) is 0 Å². The summed E-state index contributed by atoms with van der Waals surface area (Å²) in [5, 5.41) is 5.96. The van der Waals surface area contributed by atoms with Gasteiger partial charge in [-0.3, -0.25) is 14.4 Å². The Bertz CT molecular complexity index is 1210.